The van der Waals surface area contributed by atoms with E-state index in [1.54, 1.807) is 18.2 Å². The van der Waals surface area contributed by atoms with Crippen molar-refractivity contribution in [2.24, 2.45) is 0 Å². The molecule has 0 amide bonds. The van der Waals surface area contributed by atoms with E-state index in [-0.39, 0.29) is 10.6 Å². The van der Waals surface area contributed by atoms with Crippen LogP contribution in [0.2, 0.25) is 0 Å². The standard InChI is InChI=1S/C14H12BrNO3S/c15-11-5-7-12(8-6-11)19-9-10-20-14-4-2-1-3-13(14)16(17)18/h1-8H,9-10H2. The van der Waals surface area contributed by atoms with Gasteiger partial charge in [0.2, 0.25) is 0 Å². The van der Waals surface area contributed by atoms with E-state index in [2.05, 4.69) is 15.9 Å². The second kappa shape index (κ2) is 7.31. The topological polar surface area (TPSA) is 52.4 Å². The number of benzene rings is 2. The number of thioether (sulfide) groups is 1. The van der Waals surface area contributed by atoms with Crippen LogP contribution in [-0.4, -0.2) is 17.3 Å². The summed E-state index contributed by atoms with van der Waals surface area (Å²) < 4.78 is 6.57. The monoisotopic (exact) mass is 353 g/mol. The predicted octanol–water partition coefficient (Wildman–Crippen LogP) is 4.53. The van der Waals surface area contributed by atoms with Crippen molar-refractivity contribution in [2.75, 3.05) is 12.4 Å². The van der Waals surface area contributed by atoms with Gasteiger partial charge in [-0.25, -0.2) is 0 Å². The van der Waals surface area contributed by atoms with Crippen molar-refractivity contribution < 1.29 is 9.66 Å². The molecule has 6 heteroatoms. The Hall–Kier alpha value is -1.53. The number of ether oxygens (including phenoxy) is 1. The van der Waals surface area contributed by atoms with Crippen LogP contribution in [0.15, 0.2) is 57.9 Å². The molecular formula is C14H12BrNO3S. The average molecular weight is 354 g/mol. The lowest BCUT2D eigenvalue weighted by Crippen LogP contribution is -2.00. The number of nitro groups is 1. The van der Waals surface area contributed by atoms with Gasteiger partial charge in [-0.15, -0.1) is 11.8 Å². The Bertz CT molecular complexity index is 589. The fraction of sp³-hybridized carbons (Fsp3) is 0.143. The molecule has 104 valence electrons. The lowest BCUT2D eigenvalue weighted by Gasteiger charge is -2.06. The van der Waals surface area contributed by atoms with Gasteiger partial charge >= 0.3 is 0 Å². The van der Waals surface area contributed by atoms with Gasteiger partial charge in [0, 0.05) is 16.3 Å². The highest BCUT2D eigenvalue weighted by molar-refractivity contribution is 9.10. The lowest BCUT2D eigenvalue weighted by molar-refractivity contribution is -0.387. The number of nitrogens with zero attached hydrogens (tertiary/aromatic N) is 1. The van der Waals surface area contributed by atoms with Gasteiger partial charge in [0.05, 0.1) is 16.4 Å². The Morgan fingerprint density at radius 2 is 1.85 bits per heavy atom. The quantitative estimate of drug-likeness (QED) is 0.331. The van der Waals surface area contributed by atoms with Crippen LogP contribution in [0.3, 0.4) is 0 Å². The zero-order chi connectivity index (χ0) is 14.4. The van der Waals surface area contributed by atoms with Crippen molar-refractivity contribution in [1.82, 2.24) is 0 Å². The molecule has 4 nitrogen and oxygen atoms in total. The van der Waals surface area contributed by atoms with Crippen molar-refractivity contribution in [3.63, 3.8) is 0 Å². The number of para-hydroxylation sites is 1. The van der Waals surface area contributed by atoms with Crippen molar-refractivity contribution in [3.8, 4) is 5.75 Å². The minimum Gasteiger partial charge on any atom is -0.493 e. The molecule has 2 aromatic rings. The van der Waals surface area contributed by atoms with Crippen molar-refractivity contribution in [1.29, 1.82) is 0 Å². The smallest absolute Gasteiger partial charge is 0.282 e. The van der Waals surface area contributed by atoms with E-state index in [9.17, 15) is 10.1 Å². The predicted molar refractivity (Wildman–Crippen MR) is 83.5 cm³/mol. The largest absolute Gasteiger partial charge is 0.493 e. The van der Waals surface area contributed by atoms with Gasteiger partial charge in [-0.2, -0.15) is 0 Å². The normalized spacial score (nSPS) is 10.2. The molecule has 0 unspecified atom stereocenters. The zero-order valence-corrected chi connectivity index (χ0v) is 12.9. The van der Waals surface area contributed by atoms with Crippen LogP contribution >= 0.6 is 27.7 Å². The third-order valence-electron chi connectivity index (χ3n) is 2.49. The van der Waals surface area contributed by atoms with Crippen molar-refractivity contribution in [2.45, 2.75) is 4.90 Å². The molecule has 0 aliphatic heterocycles. The second-order valence-electron chi connectivity index (χ2n) is 3.88. The summed E-state index contributed by atoms with van der Waals surface area (Å²) in [6, 6.07) is 14.3. The minimum atomic E-state index is -0.363. The van der Waals surface area contributed by atoms with Crippen molar-refractivity contribution in [3.05, 3.63) is 63.1 Å². The van der Waals surface area contributed by atoms with Gasteiger partial charge in [-0.3, -0.25) is 10.1 Å². The summed E-state index contributed by atoms with van der Waals surface area (Å²) in [5.74, 6) is 1.44. The van der Waals surface area contributed by atoms with Gasteiger partial charge in [0.25, 0.3) is 5.69 Å². The first-order valence-electron chi connectivity index (χ1n) is 5.91. The van der Waals surface area contributed by atoms with E-state index in [0.717, 1.165) is 10.2 Å². The van der Waals surface area contributed by atoms with Crippen LogP contribution in [0, 0.1) is 10.1 Å². The summed E-state index contributed by atoms with van der Waals surface area (Å²) in [4.78, 5) is 11.2. The number of halogens is 1. The Morgan fingerprint density at radius 1 is 1.15 bits per heavy atom. The molecule has 2 aromatic carbocycles. The van der Waals surface area contributed by atoms with Gasteiger partial charge in [-0.05, 0) is 30.3 Å². The Kier molecular flexibility index (Phi) is 5.43. The summed E-state index contributed by atoms with van der Waals surface area (Å²) in [5.41, 5.74) is 0.140. The van der Waals surface area contributed by atoms with E-state index < -0.39 is 0 Å². The molecule has 2 rings (SSSR count). The molecule has 0 aromatic heterocycles. The Labute approximate surface area is 129 Å². The molecule has 0 atom stereocenters. The number of nitro benzene ring substituents is 1. The fourth-order valence-corrected chi connectivity index (χ4v) is 2.69. The van der Waals surface area contributed by atoms with Crippen LogP contribution in [0.5, 0.6) is 5.75 Å². The van der Waals surface area contributed by atoms with E-state index in [1.807, 2.05) is 24.3 Å². The lowest BCUT2D eigenvalue weighted by atomic mass is 10.3. The first-order valence-corrected chi connectivity index (χ1v) is 7.69. The van der Waals surface area contributed by atoms with Crippen LogP contribution < -0.4 is 4.74 Å². The second-order valence-corrected chi connectivity index (χ2v) is 5.93. The molecule has 0 saturated carbocycles. The minimum absolute atomic E-state index is 0.140. The van der Waals surface area contributed by atoms with Gasteiger partial charge in [0.15, 0.2) is 0 Å². The molecule has 0 spiro atoms. The summed E-state index contributed by atoms with van der Waals surface area (Å²) in [5, 5.41) is 10.9. The average Bonchev–Trinajstić information content (AvgIpc) is 2.46. The van der Waals surface area contributed by atoms with Crippen LogP contribution in [0.25, 0.3) is 0 Å². The molecule has 0 aliphatic carbocycles. The van der Waals surface area contributed by atoms with Gasteiger partial charge in [0.1, 0.15) is 5.75 Å². The first-order chi connectivity index (χ1) is 9.66. The van der Waals surface area contributed by atoms with E-state index >= 15 is 0 Å². The molecule has 0 heterocycles. The maximum Gasteiger partial charge on any atom is 0.282 e. The molecule has 20 heavy (non-hydrogen) atoms. The SMILES string of the molecule is O=[N+]([O-])c1ccccc1SCCOc1ccc(Br)cc1. The highest BCUT2D eigenvalue weighted by Crippen LogP contribution is 2.28. The van der Waals surface area contributed by atoms with Crippen LogP contribution in [0.1, 0.15) is 0 Å². The molecule has 0 bridgehead atoms. The molecular weight excluding hydrogens is 342 g/mol. The summed E-state index contributed by atoms with van der Waals surface area (Å²) in [6.45, 7) is 0.498. The third-order valence-corrected chi connectivity index (χ3v) is 4.04. The van der Waals surface area contributed by atoms with Gasteiger partial charge < -0.3 is 4.74 Å². The fourth-order valence-electron chi connectivity index (χ4n) is 1.57. The number of hydrogen-bond donors (Lipinski definition) is 0. The van der Waals surface area contributed by atoms with Crippen molar-refractivity contribution >= 4 is 33.4 Å². The third kappa shape index (κ3) is 4.25. The van der Waals surface area contributed by atoms with E-state index in [1.165, 1.54) is 17.8 Å². The van der Waals surface area contributed by atoms with Crippen LogP contribution in [0.4, 0.5) is 5.69 Å². The summed E-state index contributed by atoms with van der Waals surface area (Å²) in [6.07, 6.45) is 0. The maximum atomic E-state index is 10.9. The number of hydrogen-bond acceptors (Lipinski definition) is 4. The first kappa shape index (κ1) is 14.9. The summed E-state index contributed by atoms with van der Waals surface area (Å²) >= 11 is 4.78. The Morgan fingerprint density at radius 3 is 2.55 bits per heavy atom. The zero-order valence-electron chi connectivity index (χ0n) is 10.5. The Balaban J connectivity index is 1.84. The number of rotatable bonds is 6. The highest BCUT2D eigenvalue weighted by atomic mass is 79.9. The summed E-state index contributed by atoms with van der Waals surface area (Å²) in [7, 11) is 0. The van der Waals surface area contributed by atoms with E-state index in [0.29, 0.717) is 17.3 Å². The molecule has 0 saturated heterocycles. The maximum absolute atomic E-state index is 10.9. The van der Waals surface area contributed by atoms with Gasteiger partial charge in [-0.1, -0.05) is 28.1 Å². The highest BCUT2D eigenvalue weighted by Gasteiger charge is 2.12. The van der Waals surface area contributed by atoms with E-state index in [4.69, 9.17) is 4.74 Å². The molecule has 0 aliphatic rings. The molecule has 0 N–H and O–H groups in total. The molecule has 0 radical (unpaired) electrons. The molecule has 0 fully saturated rings. The van der Waals surface area contributed by atoms with Crippen LogP contribution in [-0.2, 0) is 0 Å².